The van der Waals surface area contributed by atoms with Crippen LogP contribution in [0, 0.1) is 0 Å². The number of aliphatic hydroxyl groups excluding tert-OH is 2. The van der Waals surface area contributed by atoms with Gasteiger partial charge in [-0.1, -0.05) is 66.7 Å². The molecular weight excluding hydrogens is 530 g/mol. The Morgan fingerprint density at radius 3 is 2.50 bits per heavy atom. The average Bonchev–Trinajstić information content (AvgIpc) is 3.04. The summed E-state index contributed by atoms with van der Waals surface area (Å²) in [7, 11) is 1.99. The minimum absolute atomic E-state index is 0.0237. The lowest BCUT2D eigenvalue weighted by atomic mass is 9.98. The Labute approximate surface area is 246 Å². The van der Waals surface area contributed by atoms with Crippen molar-refractivity contribution in [3.63, 3.8) is 0 Å². The monoisotopic (exact) mass is 567 g/mol. The van der Waals surface area contributed by atoms with Gasteiger partial charge in [0.1, 0.15) is 0 Å². The molecule has 1 amide bonds. The Bertz CT molecular complexity index is 1430. The Morgan fingerprint density at radius 1 is 1.00 bits per heavy atom. The van der Waals surface area contributed by atoms with E-state index < -0.39 is 12.4 Å². The van der Waals surface area contributed by atoms with Gasteiger partial charge in [-0.15, -0.1) is 0 Å². The quantitative estimate of drug-likeness (QED) is 0.235. The number of pyridine rings is 1. The summed E-state index contributed by atoms with van der Waals surface area (Å²) < 4.78 is 13.0. The molecule has 3 N–H and O–H groups in total. The number of nitrogens with zero attached hydrogens (tertiary/aromatic N) is 2. The van der Waals surface area contributed by atoms with Crippen molar-refractivity contribution >= 4 is 11.6 Å². The van der Waals surface area contributed by atoms with Crippen LogP contribution >= 0.6 is 0 Å². The molecule has 2 heterocycles. The molecule has 1 saturated heterocycles. The summed E-state index contributed by atoms with van der Waals surface area (Å²) in [6.45, 7) is 2.56. The van der Waals surface area contributed by atoms with Crippen LogP contribution in [0.25, 0.3) is 0 Å². The second-order valence-corrected chi connectivity index (χ2v) is 10.7. The lowest BCUT2D eigenvalue weighted by Gasteiger charge is -2.39. The fraction of sp³-hybridized carbons (Fsp3) is 0.294. The van der Waals surface area contributed by atoms with Crippen LogP contribution in [0.1, 0.15) is 64.5 Å². The van der Waals surface area contributed by atoms with Crippen LogP contribution < -0.4 is 5.32 Å². The van der Waals surface area contributed by atoms with Crippen molar-refractivity contribution in [2.24, 2.45) is 0 Å². The van der Waals surface area contributed by atoms with E-state index in [-0.39, 0.29) is 30.8 Å². The normalized spacial score (nSPS) is 20.2. The molecule has 0 radical (unpaired) electrons. The summed E-state index contributed by atoms with van der Waals surface area (Å²) in [6, 6.07) is 28.2. The Hall–Kier alpha value is -3.92. The molecule has 0 unspecified atom stereocenters. The Morgan fingerprint density at radius 2 is 1.79 bits per heavy atom. The van der Waals surface area contributed by atoms with Crippen LogP contribution in [-0.2, 0) is 16.1 Å². The lowest BCUT2D eigenvalue weighted by molar-refractivity contribution is -0.253. The summed E-state index contributed by atoms with van der Waals surface area (Å²) in [5.41, 5.74) is 4.56. The summed E-state index contributed by atoms with van der Waals surface area (Å²) >= 11 is 0. The fourth-order valence-electron chi connectivity index (χ4n) is 5.15. The van der Waals surface area contributed by atoms with Crippen molar-refractivity contribution in [1.82, 2.24) is 9.88 Å². The van der Waals surface area contributed by atoms with Crippen molar-refractivity contribution in [3.8, 4) is 0 Å². The van der Waals surface area contributed by atoms with E-state index >= 15 is 0 Å². The summed E-state index contributed by atoms with van der Waals surface area (Å²) in [4.78, 5) is 18.9. The number of carbonyl (C=O) groups excluding carboxylic acids is 1. The molecule has 8 nitrogen and oxygen atoms in total. The van der Waals surface area contributed by atoms with E-state index in [1.54, 1.807) is 18.3 Å². The molecule has 1 aromatic heterocycles. The van der Waals surface area contributed by atoms with Crippen molar-refractivity contribution in [1.29, 1.82) is 0 Å². The number of hydrogen-bond acceptors (Lipinski definition) is 7. The third-order valence-electron chi connectivity index (χ3n) is 7.74. The van der Waals surface area contributed by atoms with Gasteiger partial charge < -0.3 is 25.0 Å². The maximum absolute atomic E-state index is 12.7. The minimum Gasteiger partial charge on any atom is -0.392 e. The van der Waals surface area contributed by atoms with Gasteiger partial charge in [0.15, 0.2) is 6.29 Å². The largest absolute Gasteiger partial charge is 0.392 e. The van der Waals surface area contributed by atoms with E-state index in [2.05, 4.69) is 15.2 Å². The van der Waals surface area contributed by atoms with Crippen molar-refractivity contribution < 1.29 is 24.5 Å². The number of anilines is 1. The first-order valence-electron chi connectivity index (χ1n) is 14.2. The second-order valence-electron chi connectivity index (χ2n) is 10.7. The smallest absolute Gasteiger partial charge is 0.257 e. The Balaban J connectivity index is 1.35. The number of likely N-dealkylation sites (N-methyl/N-ethyl adjacent to an activating group) is 1. The number of rotatable bonds is 10. The molecule has 8 heteroatoms. The van der Waals surface area contributed by atoms with Crippen LogP contribution in [0.15, 0.2) is 103 Å². The molecule has 1 aliphatic rings. The SMILES string of the molecule is C[C@H]([C@@H](O)c1ccccc1)N(C)C[C@H]1C[C@@H](c2ccc(CO)cc2)O[C@@H](c2cccc(NC(=O)c3cccnc3)c2)O1. The molecular formula is C34H37N3O5. The van der Waals surface area contributed by atoms with E-state index in [0.717, 1.165) is 22.3 Å². The number of amides is 1. The topological polar surface area (TPSA) is 104 Å². The molecule has 0 aliphatic carbocycles. The van der Waals surface area contributed by atoms with Gasteiger partial charge in [0.2, 0.25) is 0 Å². The molecule has 5 atom stereocenters. The summed E-state index contributed by atoms with van der Waals surface area (Å²) in [5, 5.41) is 23.4. The van der Waals surface area contributed by atoms with Crippen molar-refractivity contribution in [2.45, 2.75) is 50.6 Å². The minimum atomic E-state index is -0.677. The molecule has 1 fully saturated rings. The highest BCUT2D eigenvalue weighted by Crippen LogP contribution is 2.39. The van der Waals surface area contributed by atoms with Gasteiger partial charge in [-0.2, -0.15) is 0 Å². The zero-order valence-electron chi connectivity index (χ0n) is 23.8. The highest BCUT2D eigenvalue weighted by molar-refractivity contribution is 6.04. The fourth-order valence-corrected chi connectivity index (χ4v) is 5.15. The first-order valence-corrected chi connectivity index (χ1v) is 14.2. The van der Waals surface area contributed by atoms with Crippen LogP contribution in [0.4, 0.5) is 5.69 Å². The van der Waals surface area contributed by atoms with Gasteiger partial charge in [-0.05, 0) is 54.9 Å². The van der Waals surface area contributed by atoms with E-state index in [4.69, 9.17) is 9.47 Å². The predicted molar refractivity (Wildman–Crippen MR) is 161 cm³/mol. The molecule has 3 aromatic carbocycles. The second kappa shape index (κ2) is 13.8. The number of carbonyl (C=O) groups is 1. The number of nitrogens with one attached hydrogen (secondary N) is 1. The summed E-state index contributed by atoms with van der Waals surface area (Å²) in [5.74, 6) is -0.252. The number of ether oxygens (including phenoxy) is 2. The van der Waals surface area contributed by atoms with Gasteiger partial charge >= 0.3 is 0 Å². The Kier molecular flexibility index (Phi) is 9.74. The van der Waals surface area contributed by atoms with Crippen LogP contribution in [0.3, 0.4) is 0 Å². The lowest BCUT2D eigenvalue weighted by Crippen LogP contribution is -2.43. The maximum atomic E-state index is 12.7. The molecule has 1 aliphatic heterocycles. The van der Waals surface area contributed by atoms with Crippen LogP contribution in [0.2, 0.25) is 0 Å². The van der Waals surface area contributed by atoms with Crippen LogP contribution in [0.5, 0.6) is 0 Å². The van der Waals surface area contributed by atoms with E-state index in [9.17, 15) is 15.0 Å². The van der Waals surface area contributed by atoms with Crippen molar-refractivity contribution in [3.05, 3.63) is 131 Å². The molecule has 0 saturated carbocycles. The maximum Gasteiger partial charge on any atom is 0.257 e. The molecule has 4 aromatic rings. The molecule has 0 spiro atoms. The first-order chi connectivity index (χ1) is 20.4. The highest BCUT2D eigenvalue weighted by Gasteiger charge is 2.34. The average molecular weight is 568 g/mol. The summed E-state index contributed by atoms with van der Waals surface area (Å²) in [6.07, 6.45) is 1.99. The molecule has 0 bridgehead atoms. The number of hydrogen-bond donors (Lipinski definition) is 3. The molecule has 218 valence electrons. The van der Waals surface area contributed by atoms with E-state index in [1.165, 1.54) is 6.20 Å². The highest BCUT2D eigenvalue weighted by atomic mass is 16.7. The zero-order valence-corrected chi connectivity index (χ0v) is 23.8. The van der Waals surface area contributed by atoms with Crippen LogP contribution in [-0.4, -0.2) is 51.7 Å². The van der Waals surface area contributed by atoms with Gasteiger partial charge in [0.05, 0.1) is 30.5 Å². The third-order valence-corrected chi connectivity index (χ3v) is 7.74. The van der Waals surface area contributed by atoms with Gasteiger partial charge in [-0.3, -0.25) is 14.7 Å². The van der Waals surface area contributed by atoms with Gasteiger partial charge in [0, 0.05) is 42.7 Å². The zero-order chi connectivity index (χ0) is 29.5. The first kappa shape index (κ1) is 29.6. The molecule has 5 rings (SSSR count). The number of benzene rings is 3. The van der Waals surface area contributed by atoms with E-state index in [0.29, 0.717) is 24.2 Å². The van der Waals surface area contributed by atoms with Crippen molar-refractivity contribution in [2.75, 3.05) is 18.9 Å². The predicted octanol–water partition coefficient (Wildman–Crippen LogP) is 5.43. The van der Waals surface area contributed by atoms with Gasteiger partial charge in [-0.25, -0.2) is 0 Å². The number of aliphatic hydroxyl groups is 2. The number of aromatic nitrogens is 1. The van der Waals surface area contributed by atoms with E-state index in [1.807, 2.05) is 92.8 Å². The standard InChI is InChI=1S/C34H37N3O5/c1-23(32(39)26-8-4-3-5-9-26)37(2)21-30-19-31(25-15-13-24(22-38)14-16-25)42-34(41-30)27-10-6-12-29(18-27)36-33(40)28-11-7-17-35-20-28/h3-18,20,23,30-32,34,38-39H,19,21-22H2,1-2H3,(H,36,40)/t23-,30-,31+,32-,34+/m1/s1. The van der Waals surface area contributed by atoms with Gasteiger partial charge in [0.25, 0.3) is 5.91 Å². The molecule has 42 heavy (non-hydrogen) atoms. The third kappa shape index (κ3) is 7.28.